The molecular weight excluding hydrogens is 356 g/mol. The van der Waals surface area contributed by atoms with Crippen LogP contribution in [0.3, 0.4) is 0 Å². The Labute approximate surface area is 146 Å². The largest absolute Gasteiger partial charge is 0.373 e. The molecule has 0 saturated carbocycles. The maximum Gasteiger partial charge on any atom is 0.220 e. The van der Waals surface area contributed by atoms with E-state index in [0.29, 0.717) is 19.0 Å². The summed E-state index contributed by atoms with van der Waals surface area (Å²) in [6, 6.07) is 8.66. The predicted octanol–water partition coefficient (Wildman–Crippen LogP) is 2.75. The molecule has 2 aliphatic heterocycles. The van der Waals surface area contributed by atoms with E-state index in [2.05, 4.69) is 32.2 Å². The SMILES string of the molecule is O=C(CCc1ccccc1Br)NCC1CN2CCCCC2CO1. The van der Waals surface area contributed by atoms with Gasteiger partial charge in [-0.2, -0.15) is 0 Å². The van der Waals surface area contributed by atoms with Gasteiger partial charge in [-0.3, -0.25) is 9.69 Å². The van der Waals surface area contributed by atoms with E-state index >= 15 is 0 Å². The third-order valence-electron chi connectivity index (χ3n) is 4.82. The van der Waals surface area contributed by atoms with Gasteiger partial charge < -0.3 is 10.1 Å². The number of halogens is 1. The maximum absolute atomic E-state index is 12.1. The van der Waals surface area contributed by atoms with Crippen molar-refractivity contribution in [2.45, 2.75) is 44.2 Å². The number of piperidine rings is 1. The highest BCUT2D eigenvalue weighted by atomic mass is 79.9. The zero-order valence-electron chi connectivity index (χ0n) is 13.5. The molecule has 1 N–H and O–H groups in total. The van der Waals surface area contributed by atoms with Crippen LogP contribution < -0.4 is 5.32 Å². The van der Waals surface area contributed by atoms with E-state index in [0.717, 1.165) is 24.0 Å². The van der Waals surface area contributed by atoms with Crippen molar-refractivity contribution < 1.29 is 9.53 Å². The fourth-order valence-corrected chi connectivity index (χ4v) is 3.92. The van der Waals surface area contributed by atoms with E-state index in [1.165, 1.54) is 31.4 Å². The second-order valence-electron chi connectivity index (χ2n) is 6.50. The fraction of sp³-hybridized carbons (Fsp3) is 0.611. The van der Waals surface area contributed by atoms with Gasteiger partial charge in [0.25, 0.3) is 0 Å². The van der Waals surface area contributed by atoms with Crippen LogP contribution in [0, 0.1) is 0 Å². The molecule has 5 heteroatoms. The number of rotatable bonds is 5. The summed E-state index contributed by atoms with van der Waals surface area (Å²) in [7, 11) is 0. The summed E-state index contributed by atoms with van der Waals surface area (Å²) in [6.45, 7) is 3.57. The molecule has 2 aliphatic rings. The first-order valence-electron chi connectivity index (χ1n) is 8.58. The van der Waals surface area contributed by atoms with Crippen LogP contribution >= 0.6 is 15.9 Å². The fourth-order valence-electron chi connectivity index (χ4n) is 3.44. The van der Waals surface area contributed by atoms with Crippen molar-refractivity contribution in [3.8, 4) is 0 Å². The van der Waals surface area contributed by atoms with E-state index in [-0.39, 0.29) is 12.0 Å². The van der Waals surface area contributed by atoms with Crippen LogP contribution in [-0.2, 0) is 16.0 Å². The average molecular weight is 381 g/mol. The van der Waals surface area contributed by atoms with Gasteiger partial charge in [-0.05, 0) is 37.4 Å². The highest BCUT2D eigenvalue weighted by Crippen LogP contribution is 2.22. The maximum atomic E-state index is 12.1. The molecule has 1 aromatic carbocycles. The van der Waals surface area contributed by atoms with Gasteiger partial charge in [0.2, 0.25) is 5.91 Å². The van der Waals surface area contributed by atoms with Gasteiger partial charge in [0.05, 0.1) is 12.7 Å². The standard InChI is InChI=1S/C18H25BrN2O2/c19-17-7-2-1-5-14(17)8-9-18(22)20-11-16-12-21-10-4-3-6-15(21)13-23-16/h1-2,5,7,15-16H,3-4,6,8-13H2,(H,20,22). The zero-order chi connectivity index (χ0) is 16.1. The molecule has 1 aromatic rings. The van der Waals surface area contributed by atoms with E-state index in [1.807, 2.05) is 18.2 Å². The number of morpholine rings is 1. The number of fused-ring (bicyclic) bond motifs is 1. The smallest absolute Gasteiger partial charge is 0.220 e. The number of nitrogens with zero attached hydrogens (tertiary/aromatic N) is 1. The Bertz CT molecular complexity index is 538. The van der Waals surface area contributed by atoms with Crippen LogP contribution in [0.4, 0.5) is 0 Å². The Balaban J connectivity index is 1.38. The number of benzene rings is 1. The van der Waals surface area contributed by atoms with Gasteiger partial charge in [-0.25, -0.2) is 0 Å². The molecule has 0 spiro atoms. The molecular formula is C18H25BrN2O2. The van der Waals surface area contributed by atoms with Crippen molar-refractivity contribution in [3.05, 3.63) is 34.3 Å². The van der Waals surface area contributed by atoms with E-state index in [9.17, 15) is 4.79 Å². The van der Waals surface area contributed by atoms with Gasteiger partial charge in [-0.1, -0.05) is 40.5 Å². The van der Waals surface area contributed by atoms with Gasteiger partial charge in [0.1, 0.15) is 0 Å². The van der Waals surface area contributed by atoms with Gasteiger partial charge >= 0.3 is 0 Å². The third kappa shape index (κ3) is 4.78. The zero-order valence-corrected chi connectivity index (χ0v) is 15.1. The van der Waals surface area contributed by atoms with Gasteiger partial charge in [0.15, 0.2) is 0 Å². The van der Waals surface area contributed by atoms with Crippen LogP contribution in [0.2, 0.25) is 0 Å². The average Bonchev–Trinajstić information content (AvgIpc) is 2.59. The first-order valence-corrected chi connectivity index (χ1v) is 9.37. The van der Waals surface area contributed by atoms with Crippen LogP contribution in [0.5, 0.6) is 0 Å². The van der Waals surface area contributed by atoms with Crippen molar-refractivity contribution in [2.24, 2.45) is 0 Å². The Hall–Kier alpha value is -0.910. The molecule has 23 heavy (non-hydrogen) atoms. The van der Waals surface area contributed by atoms with Crippen molar-refractivity contribution in [1.82, 2.24) is 10.2 Å². The topological polar surface area (TPSA) is 41.6 Å². The van der Waals surface area contributed by atoms with Gasteiger partial charge in [-0.15, -0.1) is 0 Å². The normalized spacial score (nSPS) is 24.9. The molecule has 0 aromatic heterocycles. The molecule has 1 amide bonds. The molecule has 4 nitrogen and oxygen atoms in total. The minimum absolute atomic E-state index is 0.102. The molecule has 3 rings (SSSR count). The molecule has 126 valence electrons. The summed E-state index contributed by atoms with van der Waals surface area (Å²) in [5.41, 5.74) is 1.17. The number of aryl methyl sites for hydroxylation is 1. The molecule has 0 aliphatic carbocycles. The summed E-state index contributed by atoms with van der Waals surface area (Å²) in [4.78, 5) is 14.6. The number of carbonyl (C=O) groups excluding carboxylic acids is 1. The number of carbonyl (C=O) groups is 1. The van der Waals surface area contributed by atoms with E-state index in [4.69, 9.17) is 4.74 Å². The van der Waals surface area contributed by atoms with E-state index < -0.39 is 0 Å². The minimum Gasteiger partial charge on any atom is -0.373 e. The summed E-state index contributed by atoms with van der Waals surface area (Å²) in [6.07, 6.45) is 5.28. The minimum atomic E-state index is 0.102. The van der Waals surface area contributed by atoms with Crippen molar-refractivity contribution in [2.75, 3.05) is 26.2 Å². The van der Waals surface area contributed by atoms with Gasteiger partial charge in [0, 0.05) is 30.0 Å². The summed E-state index contributed by atoms with van der Waals surface area (Å²) in [5.74, 6) is 0.102. The van der Waals surface area contributed by atoms with Crippen molar-refractivity contribution in [3.63, 3.8) is 0 Å². The molecule has 0 bridgehead atoms. The van der Waals surface area contributed by atoms with Crippen LogP contribution in [0.1, 0.15) is 31.2 Å². The first kappa shape index (κ1) is 16.9. The number of hydrogen-bond acceptors (Lipinski definition) is 3. The van der Waals surface area contributed by atoms with Crippen LogP contribution in [0.25, 0.3) is 0 Å². The Morgan fingerprint density at radius 2 is 2.22 bits per heavy atom. The monoisotopic (exact) mass is 380 g/mol. The summed E-state index contributed by atoms with van der Waals surface area (Å²) in [5, 5.41) is 3.03. The summed E-state index contributed by atoms with van der Waals surface area (Å²) < 4.78 is 6.98. The third-order valence-corrected chi connectivity index (χ3v) is 5.59. The quantitative estimate of drug-likeness (QED) is 0.853. The number of nitrogens with one attached hydrogen (secondary N) is 1. The molecule has 2 heterocycles. The van der Waals surface area contributed by atoms with Crippen molar-refractivity contribution >= 4 is 21.8 Å². The molecule has 2 saturated heterocycles. The Morgan fingerprint density at radius 1 is 1.35 bits per heavy atom. The lowest BCUT2D eigenvalue weighted by atomic mass is 10.0. The lowest BCUT2D eigenvalue weighted by Crippen LogP contribution is -2.54. The first-order chi connectivity index (χ1) is 11.2. The van der Waals surface area contributed by atoms with Crippen LogP contribution in [0.15, 0.2) is 28.7 Å². The Morgan fingerprint density at radius 3 is 3.09 bits per heavy atom. The highest BCUT2D eigenvalue weighted by molar-refractivity contribution is 9.10. The molecule has 2 unspecified atom stereocenters. The number of hydrogen-bond donors (Lipinski definition) is 1. The lowest BCUT2D eigenvalue weighted by molar-refractivity contribution is -0.123. The lowest BCUT2D eigenvalue weighted by Gasteiger charge is -2.42. The second kappa shape index (κ2) is 8.27. The van der Waals surface area contributed by atoms with Crippen LogP contribution in [-0.4, -0.2) is 49.2 Å². The second-order valence-corrected chi connectivity index (χ2v) is 7.35. The summed E-state index contributed by atoms with van der Waals surface area (Å²) >= 11 is 3.52. The molecule has 2 atom stereocenters. The highest BCUT2D eigenvalue weighted by Gasteiger charge is 2.30. The molecule has 0 radical (unpaired) electrons. The van der Waals surface area contributed by atoms with E-state index in [1.54, 1.807) is 0 Å². The Kier molecular flexibility index (Phi) is 6.08. The number of ether oxygens (including phenoxy) is 1. The van der Waals surface area contributed by atoms with Crippen molar-refractivity contribution in [1.29, 1.82) is 0 Å². The predicted molar refractivity (Wildman–Crippen MR) is 94.4 cm³/mol. The molecule has 2 fully saturated rings. The number of amides is 1.